The number of aliphatic hydroxyl groups is 1. The summed E-state index contributed by atoms with van der Waals surface area (Å²) in [5.41, 5.74) is 6.37. The number of hydrogen-bond acceptors (Lipinski definition) is 5. The molecule has 1 atom stereocenters. The lowest BCUT2D eigenvalue weighted by molar-refractivity contribution is -0.132. The lowest BCUT2D eigenvalue weighted by atomic mass is 10.1. The Hall–Kier alpha value is -1.30. The van der Waals surface area contributed by atoms with Crippen molar-refractivity contribution in [2.24, 2.45) is 5.73 Å². The Morgan fingerprint density at radius 1 is 1.47 bits per heavy atom. The Kier molecular flexibility index (Phi) is 6.57. The van der Waals surface area contributed by atoms with Crippen molar-refractivity contribution in [3.05, 3.63) is 23.8 Å². The number of carbonyl (C=O) groups is 1. The van der Waals surface area contributed by atoms with Crippen LogP contribution in [0, 0.1) is 0 Å². The van der Waals surface area contributed by atoms with Gasteiger partial charge < -0.3 is 20.3 Å². The van der Waals surface area contributed by atoms with E-state index in [0.717, 1.165) is 5.56 Å². The largest absolute Gasteiger partial charge is 0.493 e. The van der Waals surface area contributed by atoms with Gasteiger partial charge in [0.2, 0.25) is 0 Å². The van der Waals surface area contributed by atoms with Gasteiger partial charge in [-0.2, -0.15) is 0 Å². The standard InChI is InChI=1S/C11H15NO4.ClH/c1-7(14)16-10-4-3-8(9(12)6-13)5-11(10)15-2;/h3-5,9,13H,6,12H2,1-2H3;1H/t9-;/m1./s1. The van der Waals surface area contributed by atoms with Gasteiger partial charge in [0, 0.05) is 6.92 Å². The molecule has 1 aromatic carbocycles. The van der Waals surface area contributed by atoms with Crippen LogP contribution in [-0.2, 0) is 4.79 Å². The van der Waals surface area contributed by atoms with Crippen molar-refractivity contribution in [1.29, 1.82) is 0 Å². The van der Waals surface area contributed by atoms with E-state index < -0.39 is 12.0 Å². The van der Waals surface area contributed by atoms with Crippen LogP contribution in [0.3, 0.4) is 0 Å². The summed E-state index contributed by atoms with van der Waals surface area (Å²) in [6.07, 6.45) is 0. The van der Waals surface area contributed by atoms with Crippen LogP contribution in [0.15, 0.2) is 18.2 Å². The van der Waals surface area contributed by atoms with E-state index in [0.29, 0.717) is 11.5 Å². The van der Waals surface area contributed by atoms with Crippen LogP contribution >= 0.6 is 12.4 Å². The zero-order valence-electron chi connectivity index (χ0n) is 9.67. The maximum atomic E-state index is 10.8. The van der Waals surface area contributed by atoms with Gasteiger partial charge in [-0.05, 0) is 17.7 Å². The second-order valence-electron chi connectivity index (χ2n) is 3.29. The van der Waals surface area contributed by atoms with Gasteiger partial charge in [-0.3, -0.25) is 4.79 Å². The monoisotopic (exact) mass is 261 g/mol. The molecule has 0 unspecified atom stereocenters. The summed E-state index contributed by atoms with van der Waals surface area (Å²) >= 11 is 0. The molecular formula is C11H16ClNO4. The van der Waals surface area contributed by atoms with E-state index >= 15 is 0 Å². The maximum Gasteiger partial charge on any atom is 0.308 e. The van der Waals surface area contributed by atoms with Crippen LogP contribution in [0.25, 0.3) is 0 Å². The third kappa shape index (κ3) is 4.22. The zero-order valence-corrected chi connectivity index (χ0v) is 10.5. The average molecular weight is 262 g/mol. The minimum Gasteiger partial charge on any atom is -0.493 e. The van der Waals surface area contributed by atoms with Gasteiger partial charge in [-0.1, -0.05) is 6.07 Å². The summed E-state index contributed by atoms with van der Waals surface area (Å²) in [6.45, 7) is 1.16. The molecule has 0 fully saturated rings. The number of rotatable bonds is 4. The van der Waals surface area contributed by atoms with Gasteiger partial charge in [0.15, 0.2) is 11.5 Å². The molecule has 0 aliphatic carbocycles. The number of hydrogen-bond donors (Lipinski definition) is 2. The van der Waals surface area contributed by atoms with E-state index in [1.807, 2.05) is 0 Å². The molecule has 3 N–H and O–H groups in total. The third-order valence-corrected chi connectivity index (χ3v) is 2.07. The van der Waals surface area contributed by atoms with Crippen LogP contribution in [0.2, 0.25) is 0 Å². The van der Waals surface area contributed by atoms with E-state index in [2.05, 4.69) is 0 Å². The molecule has 96 valence electrons. The lowest BCUT2D eigenvalue weighted by Crippen LogP contribution is -2.14. The van der Waals surface area contributed by atoms with Gasteiger partial charge in [-0.25, -0.2) is 0 Å². The molecule has 0 saturated carbocycles. The highest BCUT2D eigenvalue weighted by Crippen LogP contribution is 2.29. The Morgan fingerprint density at radius 2 is 2.12 bits per heavy atom. The molecule has 0 bridgehead atoms. The van der Waals surface area contributed by atoms with Gasteiger partial charge in [0.1, 0.15) is 0 Å². The lowest BCUT2D eigenvalue weighted by Gasteiger charge is -2.12. The highest BCUT2D eigenvalue weighted by atomic mass is 35.5. The second kappa shape index (κ2) is 7.11. The molecule has 0 amide bonds. The Labute approximate surface area is 106 Å². The quantitative estimate of drug-likeness (QED) is 0.625. The maximum absolute atomic E-state index is 10.8. The molecule has 0 aliphatic heterocycles. The van der Waals surface area contributed by atoms with Crippen molar-refractivity contribution >= 4 is 18.4 Å². The average Bonchev–Trinajstić information content (AvgIpc) is 2.27. The van der Waals surface area contributed by atoms with Crippen molar-refractivity contribution in [1.82, 2.24) is 0 Å². The predicted octanol–water partition coefficient (Wildman–Crippen LogP) is 1.03. The number of benzene rings is 1. The molecular weight excluding hydrogens is 246 g/mol. The van der Waals surface area contributed by atoms with Gasteiger partial charge in [-0.15, -0.1) is 12.4 Å². The number of halogens is 1. The predicted molar refractivity (Wildman–Crippen MR) is 65.6 cm³/mol. The van der Waals surface area contributed by atoms with Crippen molar-refractivity contribution in [2.75, 3.05) is 13.7 Å². The Balaban J connectivity index is 0.00000256. The molecule has 0 heterocycles. The molecule has 0 radical (unpaired) electrons. The zero-order chi connectivity index (χ0) is 12.1. The smallest absolute Gasteiger partial charge is 0.308 e. The van der Waals surface area contributed by atoms with Gasteiger partial charge >= 0.3 is 5.97 Å². The molecule has 17 heavy (non-hydrogen) atoms. The summed E-state index contributed by atoms with van der Waals surface area (Å²) in [7, 11) is 1.47. The third-order valence-electron chi connectivity index (χ3n) is 2.07. The number of ether oxygens (including phenoxy) is 2. The molecule has 6 heteroatoms. The number of aliphatic hydroxyl groups excluding tert-OH is 1. The van der Waals surface area contributed by atoms with E-state index in [4.69, 9.17) is 20.3 Å². The first-order chi connectivity index (χ1) is 7.58. The topological polar surface area (TPSA) is 81.8 Å². The van der Waals surface area contributed by atoms with Crippen molar-refractivity contribution < 1.29 is 19.4 Å². The first-order valence-electron chi connectivity index (χ1n) is 4.81. The number of esters is 1. The van der Waals surface area contributed by atoms with Gasteiger partial charge in [0.25, 0.3) is 0 Å². The fraction of sp³-hybridized carbons (Fsp3) is 0.364. The SMILES string of the molecule is COc1cc([C@H](N)CO)ccc1OC(C)=O.Cl. The minimum absolute atomic E-state index is 0. The summed E-state index contributed by atoms with van der Waals surface area (Å²) in [5, 5.41) is 8.92. The van der Waals surface area contributed by atoms with Crippen LogP contribution in [0.5, 0.6) is 11.5 Å². The molecule has 0 aromatic heterocycles. The summed E-state index contributed by atoms with van der Waals surface area (Å²) in [5.74, 6) is 0.331. The van der Waals surface area contributed by atoms with Crippen LogP contribution in [-0.4, -0.2) is 24.8 Å². The molecule has 0 saturated heterocycles. The first-order valence-corrected chi connectivity index (χ1v) is 4.81. The first kappa shape index (κ1) is 15.7. The fourth-order valence-electron chi connectivity index (χ4n) is 1.26. The van der Waals surface area contributed by atoms with Crippen molar-refractivity contribution in [2.45, 2.75) is 13.0 Å². The van der Waals surface area contributed by atoms with Crippen molar-refractivity contribution in [3.63, 3.8) is 0 Å². The van der Waals surface area contributed by atoms with E-state index in [1.165, 1.54) is 14.0 Å². The number of nitrogens with two attached hydrogens (primary N) is 1. The summed E-state index contributed by atoms with van der Waals surface area (Å²) < 4.78 is 10.0. The highest BCUT2D eigenvalue weighted by molar-refractivity contribution is 5.85. The van der Waals surface area contributed by atoms with E-state index in [9.17, 15) is 4.79 Å². The van der Waals surface area contributed by atoms with Gasteiger partial charge in [0.05, 0.1) is 19.8 Å². The minimum atomic E-state index is -0.472. The fourth-order valence-corrected chi connectivity index (χ4v) is 1.26. The number of methoxy groups -OCH3 is 1. The molecule has 1 aromatic rings. The van der Waals surface area contributed by atoms with Crippen LogP contribution < -0.4 is 15.2 Å². The van der Waals surface area contributed by atoms with E-state index in [-0.39, 0.29) is 19.0 Å². The second-order valence-corrected chi connectivity index (χ2v) is 3.29. The summed E-state index contributed by atoms with van der Waals surface area (Å²) in [6, 6.07) is 4.44. The number of carbonyl (C=O) groups excluding carboxylic acids is 1. The highest BCUT2D eigenvalue weighted by Gasteiger charge is 2.11. The summed E-state index contributed by atoms with van der Waals surface area (Å²) in [4.78, 5) is 10.8. The van der Waals surface area contributed by atoms with E-state index in [1.54, 1.807) is 18.2 Å². The normalized spacial score (nSPS) is 11.3. The van der Waals surface area contributed by atoms with Crippen molar-refractivity contribution in [3.8, 4) is 11.5 Å². The van der Waals surface area contributed by atoms with Crippen LogP contribution in [0.4, 0.5) is 0 Å². The molecule has 1 rings (SSSR count). The molecule has 0 aliphatic rings. The molecule has 0 spiro atoms. The van der Waals surface area contributed by atoms with Crippen LogP contribution in [0.1, 0.15) is 18.5 Å². The Morgan fingerprint density at radius 3 is 2.59 bits per heavy atom. The Bertz CT molecular complexity index is 384. The molecule has 5 nitrogen and oxygen atoms in total.